The number of aryl methyl sites for hydroxylation is 4. The first-order chi connectivity index (χ1) is 17.1. The number of hydrogen-bond donors (Lipinski definition) is 1. The topological polar surface area (TPSA) is 79.7 Å². The van der Waals surface area contributed by atoms with Crippen LogP contribution in [-0.4, -0.2) is 36.1 Å². The monoisotopic (exact) mass is 470 g/mol. The Morgan fingerprint density at radius 3 is 2.63 bits per heavy atom. The van der Waals surface area contributed by atoms with E-state index in [4.69, 9.17) is 0 Å². The third-order valence-electron chi connectivity index (χ3n) is 7.50. The van der Waals surface area contributed by atoms with Crippen LogP contribution in [-0.2, 0) is 26.1 Å². The number of aromatic nitrogens is 5. The lowest BCUT2D eigenvalue weighted by Crippen LogP contribution is -2.38. The summed E-state index contributed by atoms with van der Waals surface area (Å²) in [5.74, 6) is 0.857. The second-order valence-electron chi connectivity index (χ2n) is 9.85. The molecular formula is C28H34N6O. The molecule has 0 aliphatic heterocycles. The molecule has 1 aliphatic carbocycles. The number of rotatable bonds is 8. The number of aromatic amines is 1. The quantitative estimate of drug-likeness (QED) is 0.403. The van der Waals surface area contributed by atoms with Crippen molar-refractivity contribution >= 4 is 10.9 Å². The van der Waals surface area contributed by atoms with Crippen LogP contribution < -0.4 is 5.56 Å². The van der Waals surface area contributed by atoms with Crippen molar-refractivity contribution < 1.29 is 0 Å². The van der Waals surface area contributed by atoms with Gasteiger partial charge in [0.25, 0.3) is 5.56 Å². The molecule has 1 fully saturated rings. The molecule has 4 aromatic rings. The predicted octanol–water partition coefficient (Wildman–Crippen LogP) is 4.71. The third kappa shape index (κ3) is 5.35. The van der Waals surface area contributed by atoms with Crippen molar-refractivity contribution in [3.05, 3.63) is 87.0 Å². The molecule has 0 saturated heterocycles. The van der Waals surface area contributed by atoms with Crippen LogP contribution in [0.1, 0.15) is 60.2 Å². The van der Waals surface area contributed by atoms with E-state index >= 15 is 0 Å². The molecule has 0 spiro atoms. The smallest absolute Gasteiger partial charge is 0.252 e. The second-order valence-corrected chi connectivity index (χ2v) is 9.85. The van der Waals surface area contributed by atoms with Gasteiger partial charge in [0.05, 0.1) is 12.1 Å². The Morgan fingerprint density at radius 2 is 1.83 bits per heavy atom. The van der Waals surface area contributed by atoms with Crippen molar-refractivity contribution in [1.82, 2.24) is 30.1 Å². The summed E-state index contributed by atoms with van der Waals surface area (Å²) < 4.78 is 1.92. The highest BCUT2D eigenvalue weighted by Crippen LogP contribution is 2.26. The number of nitrogens with zero attached hydrogens (tertiary/aromatic N) is 5. The molecule has 5 rings (SSSR count). The summed E-state index contributed by atoms with van der Waals surface area (Å²) in [5, 5.41) is 13.7. The number of pyridine rings is 1. The highest BCUT2D eigenvalue weighted by molar-refractivity contribution is 5.83. The average molecular weight is 471 g/mol. The normalized spacial score (nSPS) is 14.7. The van der Waals surface area contributed by atoms with Crippen LogP contribution in [0, 0.1) is 13.8 Å². The minimum absolute atomic E-state index is 0.00400. The molecule has 0 unspecified atom stereocenters. The van der Waals surface area contributed by atoms with Gasteiger partial charge >= 0.3 is 0 Å². The van der Waals surface area contributed by atoms with E-state index in [9.17, 15) is 4.79 Å². The molecule has 0 amide bonds. The number of fused-ring (bicyclic) bond motifs is 1. The lowest BCUT2D eigenvalue weighted by Gasteiger charge is -2.33. The molecule has 1 aliphatic rings. The lowest BCUT2D eigenvalue weighted by atomic mass is 9.93. The number of hydrogen-bond acceptors (Lipinski definition) is 5. The fraction of sp³-hybridized carbons (Fsp3) is 0.429. The highest BCUT2D eigenvalue weighted by atomic mass is 16.1. The van der Waals surface area contributed by atoms with Crippen LogP contribution in [0.2, 0.25) is 0 Å². The fourth-order valence-corrected chi connectivity index (χ4v) is 5.24. The first-order valence-corrected chi connectivity index (χ1v) is 12.7. The standard InChI is InChI=1S/C28H34N6O/c1-20-13-14-23-17-24(28(35)29-27(23)21(20)2)18-33(25-11-7-4-8-12-25)19-26-30-31-32-34(26)16-15-22-9-5-3-6-10-22/h3,5-6,9-10,13-14,17,25H,4,7-8,11-12,15-16,18-19H2,1-2H3,(H,29,35). The molecule has 0 atom stereocenters. The Hall–Kier alpha value is -3.32. The number of nitrogens with one attached hydrogen (secondary N) is 1. The van der Waals surface area contributed by atoms with Gasteiger partial charge in [-0.3, -0.25) is 9.69 Å². The molecule has 0 bridgehead atoms. The largest absolute Gasteiger partial charge is 0.321 e. The summed E-state index contributed by atoms with van der Waals surface area (Å²) in [7, 11) is 0. The molecule has 1 saturated carbocycles. The molecule has 7 heteroatoms. The molecule has 1 N–H and O–H groups in total. The van der Waals surface area contributed by atoms with Gasteiger partial charge in [0.2, 0.25) is 0 Å². The predicted molar refractivity (Wildman–Crippen MR) is 138 cm³/mol. The molecular weight excluding hydrogens is 436 g/mol. The van der Waals surface area contributed by atoms with E-state index in [1.807, 2.05) is 10.7 Å². The minimum atomic E-state index is -0.00400. The van der Waals surface area contributed by atoms with Gasteiger partial charge in [-0.15, -0.1) is 5.10 Å². The van der Waals surface area contributed by atoms with Crippen LogP contribution in [0.3, 0.4) is 0 Å². The summed E-state index contributed by atoms with van der Waals surface area (Å²) >= 11 is 0. The molecule has 2 heterocycles. The van der Waals surface area contributed by atoms with Crippen molar-refractivity contribution in [2.75, 3.05) is 0 Å². The molecule has 35 heavy (non-hydrogen) atoms. The summed E-state index contributed by atoms with van der Waals surface area (Å²) in [5.41, 5.74) is 5.32. The lowest BCUT2D eigenvalue weighted by molar-refractivity contribution is 0.133. The van der Waals surface area contributed by atoms with Crippen molar-refractivity contribution in [1.29, 1.82) is 0 Å². The van der Waals surface area contributed by atoms with Crippen LogP contribution in [0.25, 0.3) is 10.9 Å². The van der Waals surface area contributed by atoms with Gasteiger partial charge in [-0.05, 0) is 71.7 Å². The fourth-order valence-electron chi connectivity index (χ4n) is 5.24. The molecule has 2 aromatic carbocycles. The zero-order chi connectivity index (χ0) is 24.2. The van der Waals surface area contributed by atoms with Crippen LogP contribution in [0.5, 0.6) is 0 Å². The van der Waals surface area contributed by atoms with Crippen molar-refractivity contribution in [2.45, 2.75) is 78.0 Å². The molecule has 182 valence electrons. The second kappa shape index (κ2) is 10.5. The van der Waals surface area contributed by atoms with E-state index in [-0.39, 0.29) is 5.56 Å². The van der Waals surface area contributed by atoms with Crippen molar-refractivity contribution in [3.63, 3.8) is 0 Å². The SMILES string of the molecule is Cc1ccc2cc(CN(Cc3nnnn3CCc3ccccc3)C3CCCCC3)c(=O)[nH]c2c1C. The minimum Gasteiger partial charge on any atom is -0.321 e. The molecule has 2 aromatic heterocycles. The molecule has 7 nitrogen and oxygen atoms in total. The zero-order valence-corrected chi connectivity index (χ0v) is 20.7. The first-order valence-electron chi connectivity index (χ1n) is 12.7. The Bertz CT molecular complexity index is 1340. The van der Waals surface area contributed by atoms with Gasteiger partial charge in [-0.25, -0.2) is 4.68 Å². The maximum Gasteiger partial charge on any atom is 0.252 e. The van der Waals surface area contributed by atoms with Crippen LogP contribution in [0.4, 0.5) is 0 Å². The van der Waals surface area contributed by atoms with Gasteiger partial charge in [0.1, 0.15) is 0 Å². The Morgan fingerprint density at radius 1 is 1.03 bits per heavy atom. The molecule has 0 radical (unpaired) electrons. The van der Waals surface area contributed by atoms with Gasteiger partial charge in [0.15, 0.2) is 5.82 Å². The number of tetrazole rings is 1. The summed E-state index contributed by atoms with van der Waals surface area (Å²) in [6.07, 6.45) is 6.92. The van der Waals surface area contributed by atoms with Gasteiger partial charge in [0, 0.05) is 24.7 Å². The van der Waals surface area contributed by atoms with E-state index in [1.165, 1.54) is 30.4 Å². The number of H-pyrrole nitrogens is 1. The zero-order valence-electron chi connectivity index (χ0n) is 20.7. The highest BCUT2D eigenvalue weighted by Gasteiger charge is 2.24. The number of benzene rings is 2. The van der Waals surface area contributed by atoms with E-state index < -0.39 is 0 Å². The average Bonchev–Trinajstić information content (AvgIpc) is 3.33. The van der Waals surface area contributed by atoms with E-state index in [0.717, 1.165) is 53.7 Å². The summed E-state index contributed by atoms with van der Waals surface area (Å²) in [6.45, 7) is 6.11. The van der Waals surface area contributed by atoms with Crippen LogP contribution >= 0.6 is 0 Å². The van der Waals surface area contributed by atoms with E-state index in [2.05, 4.69) is 81.7 Å². The first kappa shape index (κ1) is 23.4. The Kier molecular flexibility index (Phi) is 7.04. The maximum absolute atomic E-state index is 13.1. The van der Waals surface area contributed by atoms with E-state index in [1.54, 1.807) is 0 Å². The summed E-state index contributed by atoms with van der Waals surface area (Å²) in [4.78, 5) is 18.7. The third-order valence-corrected chi connectivity index (χ3v) is 7.50. The van der Waals surface area contributed by atoms with Gasteiger partial charge < -0.3 is 4.98 Å². The summed E-state index contributed by atoms with van der Waals surface area (Å²) in [6, 6.07) is 17.1. The Balaban J connectivity index is 1.39. The van der Waals surface area contributed by atoms with Gasteiger partial charge in [-0.1, -0.05) is 61.7 Å². The van der Waals surface area contributed by atoms with Crippen molar-refractivity contribution in [3.8, 4) is 0 Å². The van der Waals surface area contributed by atoms with Crippen LogP contribution in [0.15, 0.2) is 53.3 Å². The Labute approximate surface area is 206 Å². The maximum atomic E-state index is 13.1. The van der Waals surface area contributed by atoms with Gasteiger partial charge in [-0.2, -0.15) is 0 Å². The van der Waals surface area contributed by atoms with Crippen molar-refractivity contribution in [2.24, 2.45) is 0 Å². The van der Waals surface area contributed by atoms with E-state index in [0.29, 0.717) is 19.1 Å².